The first-order valence-electron chi connectivity index (χ1n) is 26.8. The molecule has 6 heterocycles. The molecule has 2 aliphatic heterocycles. The second-order valence-electron chi connectivity index (χ2n) is 20.2. The normalized spacial score (nSPS) is 16.1. The molecule has 23 nitrogen and oxygen atoms in total. The molecular weight excluding hydrogens is 983 g/mol. The quantitative estimate of drug-likeness (QED) is 0.0363. The summed E-state index contributed by atoms with van der Waals surface area (Å²) >= 11 is 0. The average molecular weight is 1060 g/mol. The molecule has 2 amide bonds. The van der Waals surface area contributed by atoms with Gasteiger partial charge < -0.3 is 60.7 Å². The van der Waals surface area contributed by atoms with E-state index in [2.05, 4.69) is 80.4 Å². The van der Waals surface area contributed by atoms with E-state index in [-0.39, 0.29) is 42.2 Å². The molecule has 8 rings (SSSR count). The molecular formula is C54H75N17O6. The Hall–Kier alpha value is -7.23. The Morgan fingerprint density at radius 1 is 0.753 bits per heavy atom. The molecule has 5 atom stereocenters. The van der Waals surface area contributed by atoms with Crippen LogP contribution in [0.4, 0.5) is 17.8 Å². The molecule has 0 saturated carbocycles. The minimum absolute atomic E-state index is 0.0739. The van der Waals surface area contributed by atoms with Gasteiger partial charge in [-0.25, -0.2) is 9.36 Å². The van der Waals surface area contributed by atoms with Crippen molar-refractivity contribution in [2.24, 2.45) is 23.3 Å². The van der Waals surface area contributed by atoms with Crippen molar-refractivity contribution in [3.63, 3.8) is 0 Å². The molecule has 0 aliphatic carbocycles. The fraction of sp³-hybridized carbons (Fsp3) is 0.537. The molecule has 4 aromatic heterocycles. The van der Waals surface area contributed by atoms with Crippen LogP contribution in [0, 0.1) is 24.2 Å². The summed E-state index contributed by atoms with van der Waals surface area (Å²) < 4.78 is 19.9. The Balaban J connectivity index is 0.962. The fourth-order valence-corrected chi connectivity index (χ4v) is 9.47. The van der Waals surface area contributed by atoms with Crippen molar-refractivity contribution >= 4 is 40.6 Å². The van der Waals surface area contributed by atoms with Gasteiger partial charge >= 0.3 is 0 Å². The first kappa shape index (κ1) is 56.0. The highest BCUT2D eigenvalue weighted by Gasteiger charge is 2.34. The van der Waals surface area contributed by atoms with E-state index in [0.29, 0.717) is 140 Å². The van der Waals surface area contributed by atoms with Crippen LogP contribution in [-0.2, 0) is 36.6 Å². The number of anilines is 3. The number of ether oxygens (including phenoxy) is 3. The van der Waals surface area contributed by atoms with Gasteiger partial charge in [-0.1, -0.05) is 80.8 Å². The van der Waals surface area contributed by atoms with Crippen molar-refractivity contribution in [1.29, 1.82) is 0 Å². The number of amides is 2. The molecule has 0 spiro atoms. The first-order chi connectivity index (χ1) is 37.4. The number of terminal acetylenes is 1. The predicted molar refractivity (Wildman–Crippen MR) is 292 cm³/mol. The van der Waals surface area contributed by atoms with E-state index < -0.39 is 12.1 Å². The van der Waals surface area contributed by atoms with Crippen molar-refractivity contribution in [3.05, 3.63) is 89.6 Å². The van der Waals surface area contributed by atoms with Crippen LogP contribution >= 0.6 is 0 Å². The number of piperazine rings is 2. The number of para-hydroxylation sites is 1. The molecule has 7 N–H and O–H groups in total. The molecule has 2 aliphatic rings. The van der Waals surface area contributed by atoms with Crippen molar-refractivity contribution in [2.45, 2.75) is 77.5 Å². The summed E-state index contributed by atoms with van der Waals surface area (Å²) in [4.78, 5) is 55.4. The molecule has 23 heteroatoms. The van der Waals surface area contributed by atoms with E-state index >= 15 is 0 Å². The van der Waals surface area contributed by atoms with Gasteiger partial charge in [0.05, 0.1) is 68.9 Å². The minimum atomic E-state index is -0.700. The second-order valence-corrected chi connectivity index (χ2v) is 20.2. The fourth-order valence-electron chi connectivity index (χ4n) is 9.47. The number of benzene rings is 2. The summed E-state index contributed by atoms with van der Waals surface area (Å²) in [5.41, 5.74) is 17.1. The third kappa shape index (κ3) is 15.0. The zero-order valence-corrected chi connectivity index (χ0v) is 44.8. The summed E-state index contributed by atoms with van der Waals surface area (Å²) in [5.74, 6) is 4.23. The van der Waals surface area contributed by atoms with Crippen molar-refractivity contribution < 1.29 is 28.9 Å². The summed E-state index contributed by atoms with van der Waals surface area (Å²) in [5, 5.41) is 32.1. The van der Waals surface area contributed by atoms with Crippen molar-refractivity contribution in [2.75, 3.05) is 114 Å². The summed E-state index contributed by atoms with van der Waals surface area (Å²) in [6, 6.07) is 15.0. The number of nitrogens with zero attached hydrogens (tertiary/aromatic N) is 13. The summed E-state index contributed by atoms with van der Waals surface area (Å²) in [6.45, 7) is 14.5. The number of rotatable bonds is 27. The van der Waals surface area contributed by atoms with Gasteiger partial charge in [0.25, 0.3) is 0 Å². The number of phenolic OH excluding ortho intramolecular Hbond substituents is 1. The highest BCUT2D eigenvalue weighted by molar-refractivity contribution is 5.83. The van der Waals surface area contributed by atoms with Crippen LogP contribution in [0.15, 0.2) is 67.0 Å². The maximum absolute atomic E-state index is 14.7. The van der Waals surface area contributed by atoms with E-state index in [4.69, 9.17) is 47.1 Å². The van der Waals surface area contributed by atoms with Crippen LogP contribution in [0.25, 0.3) is 10.9 Å². The van der Waals surface area contributed by atoms with Crippen LogP contribution in [0.2, 0.25) is 0 Å². The van der Waals surface area contributed by atoms with Gasteiger partial charge in [0.2, 0.25) is 29.7 Å². The number of H-pyrrole nitrogens is 1. The Labute approximate surface area is 450 Å². The number of carbonyl (C=O) groups is 2. The number of nitrogens with one attached hydrogen (secondary N) is 2. The molecule has 0 bridgehead atoms. The number of carbonyl (C=O) groups excluding carboxylic acids is 2. The van der Waals surface area contributed by atoms with E-state index in [0.717, 1.165) is 35.0 Å². The van der Waals surface area contributed by atoms with Crippen LogP contribution < -0.4 is 26.6 Å². The average Bonchev–Trinajstić information content (AvgIpc) is 4.25. The Kier molecular flexibility index (Phi) is 19.8. The number of fused-ring (bicyclic) bond motifs is 1. The van der Waals surface area contributed by atoms with E-state index in [1.807, 2.05) is 52.4 Å². The lowest BCUT2D eigenvalue weighted by Gasteiger charge is -2.38. The predicted octanol–water partition coefficient (Wildman–Crippen LogP) is 3.69. The van der Waals surface area contributed by atoms with Crippen LogP contribution in [0.5, 0.6) is 5.75 Å². The number of aromatic amines is 1. The maximum atomic E-state index is 14.7. The van der Waals surface area contributed by atoms with Gasteiger partial charge in [0, 0.05) is 83.0 Å². The standard InChI is InChI=1S/C54H75N17O6/c1-6-25-75-27-29-77-30-28-76-26-16-57-52-59-53(68-21-17-66(18-22-68)50(73)47(32-39-12-14-42(72)15-13-39)71-36-46(63-65-71)49(56)38(5)7-2)61-54(60-52)69-23-19-67(20-24-69)51(74)48(34-41-33-40-10-8-9-11-44(40)58-41)70-35-45(62-64-70)43(55)31-37(3)4/h1,8-15,33,35-38,43,47-49,58,72H,7,16-32,34,55-56H2,2-5H3,(H,57,59,60,61)/t38?,43-,47-,48+,49-/m0/s1. The highest BCUT2D eigenvalue weighted by atomic mass is 16.5. The molecule has 412 valence electrons. The van der Waals surface area contributed by atoms with Gasteiger partial charge in [-0.3, -0.25) is 9.59 Å². The third-order valence-electron chi connectivity index (χ3n) is 14.2. The lowest BCUT2D eigenvalue weighted by molar-refractivity contribution is -0.136. The zero-order valence-electron chi connectivity index (χ0n) is 44.8. The molecule has 77 heavy (non-hydrogen) atoms. The SMILES string of the molecule is C#CCOCCOCCOCCNc1nc(N2CCN(C(=O)[C@@H](Cc3cc4ccccc4[nH]3)n3cc([C@@H](N)CC(C)C)nn3)CC2)nc(N2CCN(C(=O)[C@H](Cc3ccc(O)cc3)n3cc([C@@H](N)C(C)CC)nn3)CC2)n1. The summed E-state index contributed by atoms with van der Waals surface area (Å²) in [6.07, 6.45) is 11.2. The molecule has 6 aromatic rings. The van der Waals surface area contributed by atoms with Crippen LogP contribution in [0.3, 0.4) is 0 Å². The Morgan fingerprint density at radius 3 is 1.92 bits per heavy atom. The van der Waals surface area contributed by atoms with Gasteiger partial charge in [0.1, 0.15) is 24.4 Å². The van der Waals surface area contributed by atoms with Crippen molar-refractivity contribution in [1.82, 2.24) is 59.7 Å². The number of phenols is 1. The molecule has 2 fully saturated rings. The summed E-state index contributed by atoms with van der Waals surface area (Å²) in [7, 11) is 0. The highest BCUT2D eigenvalue weighted by Crippen LogP contribution is 2.28. The smallest absolute Gasteiger partial charge is 0.248 e. The third-order valence-corrected chi connectivity index (χ3v) is 14.2. The minimum Gasteiger partial charge on any atom is -0.508 e. The molecule has 2 aromatic carbocycles. The molecule has 2 saturated heterocycles. The van der Waals surface area contributed by atoms with Gasteiger partial charge in [-0.15, -0.1) is 16.6 Å². The van der Waals surface area contributed by atoms with Gasteiger partial charge in [0.15, 0.2) is 0 Å². The molecule has 1 unspecified atom stereocenters. The van der Waals surface area contributed by atoms with Gasteiger partial charge in [-0.2, -0.15) is 15.0 Å². The Bertz CT molecular complexity index is 2820. The zero-order chi connectivity index (χ0) is 54.3. The largest absolute Gasteiger partial charge is 0.508 e. The second kappa shape index (κ2) is 27.2. The van der Waals surface area contributed by atoms with E-state index in [1.165, 1.54) is 0 Å². The monoisotopic (exact) mass is 1060 g/mol. The molecule has 0 radical (unpaired) electrons. The van der Waals surface area contributed by atoms with E-state index in [1.54, 1.807) is 27.7 Å². The number of nitrogens with two attached hydrogens (primary N) is 2. The van der Waals surface area contributed by atoms with Crippen LogP contribution in [0.1, 0.15) is 87.3 Å². The first-order valence-corrected chi connectivity index (χ1v) is 26.8. The van der Waals surface area contributed by atoms with Crippen LogP contribution in [-0.4, -0.2) is 175 Å². The lowest BCUT2D eigenvalue weighted by atomic mass is 9.98. The van der Waals surface area contributed by atoms with Gasteiger partial charge in [-0.05, 0) is 53.5 Å². The number of aromatic nitrogens is 10. The maximum Gasteiger partial charge on any atom is 0.248 e. The lowest BCUT2D eigenvalue weighted by Crippen LogP contribution is -2.52. The Morgan fingerprint density at radius 2 is 1.32 bits per heavy atom. The topological polar surface area (TPSA) is 275 Å². The van der Waals surface area contributed by atoms with Crippen molar-refractivity contribution in [3.8, 4) is 18.1 Å². The van der Waals surface area contributed by atoms with E-state index in [9.17, 15) is 14.7 Å². The number of aromatic hydroxyl groups is 1. The number of hydrogen-bond acceptors (Lipinski definition) is 18. The number of hydrogen-bond donors (Lipinski definition) is 5.